The Hall–Kier alpha value is -1.84. The van der Waals surface area contributed by atoms with Crippen molar-refractivity contribution in [3.05, 3.63) is 35.9 Å². The molecule has 2 amide bonds. The molecule has 1 unspecified atom stereocenters. The molecule has 0 bridgehead atoms. The molecule has 0 aliphatic heterocycles. The van der Waals surface area contributed by atoms with Crippen molar-refractivity contribution in [2.45, 2.75) is 32.1 Å². The van der Waals surface area contributed by atoms with Gasteiger partial charge in [-0.1, -0.05) is 37.3 Å². The maximum Gasteiger partial charge on any atom is 0.245 e. The number of nitrogens with one attached hydrogen (secondary N) is 2. The Bertz CT molecular complexity index is 427. The minimum atomic E-state index is -0.217. The lowest BCUT2D eigenvalue weighted by atomic mass is 9.96. The Balaban J connectivity index is 1.91. The molecule has 1 aliphatic carbocycles. The topological polar surface area (TPSA) is 58.2 Å². The van der Waals surface area contributed by atoms with Crippen molar-refractivity contribution in [1.82, 2.24) is 10.9 Å². The van der Waals surface area contributed by atoms with Gasteiger partial charge in [-0.05, 0) is 24.8 Å². The van der Waals surface area contributed by atoms with Crippen molar-refractivity contribution in [2.24, 2.45) is 5.92 Å². The normalized spacial score (nSPS) is 15.8. The molecule has 4 nitrogen and oxygen atoms in total. The van der Waals surface area contributed by atoms with E-state index in [4.69, 9.17) is 0 Å². The van der Waals surface area contributed by atoms with Crippen LogP contribution in [0.1, 0.15) is 37.7 Å². The third-order valence-corrected chi connectivity index (χ3v) is 3.18. The predicted octanol–water partition coefficient (Wildman–Crippen LogP) is 1.74. The number of benzene rings is 1. The molecule has 0 spiro atoms. The Morgan fingerprint density at radius 1 is 1.22 bits per heavy atom. The number of hydrogen-bond donors (Lipinski definition) is 2. The van der Waals surface area contributed by atoms with Crippen molar-refractivity contribution < 1.29 is 9.59 Å². The molecule has 4 heteroatoms. The predicted molar refractivity (Wildman–Crippen MR) is 68.5 cm³/mol. The largest absolute Gasteiger partial charge is 0.273 e. The lowest BCUT2D eigenvalue weighted by molar-refractivity contribution is -0.130. The quantitative estimate of drug-likeness (QED) is 0.795. The summed E-state index contributed by atoms with van der Waals surface area (Å²) in [5.41, 5.74) is 5.98. The van der Waals surface area contributed by atoms with Gasteiger partial charge in [-0.15, -0.1) is 0 Å². The first-order valence-electron chi connectivity index (χ1n) is 6.37. The van der Waals surface area contributed by atoms with Gasteiger partial charge in [-0.3, -0.25) is 20.4 Å². The van der Waals surface area contributed by atoms with Gasteiger partial charge in [0.25, 0.3) is 0 Å². The monoisotopic (exact) mass is 246 g/mol. The molecule has 96 valence electrons. The number of carbonyl (C=O) groups excluding carboxylic acids is 2. The fourth-order valence-electron chi connectivity index (χ4n) is 1.92. The lowest BCUT2D eigenvalue weighted by Crippen LogP contribution is -2.44. The van der Waals surface area contributed by atoms with Crippen LogP contribution in [0.3, 0.4) is 0 Å². The van der Waals surface area contributed by atoms with Crippen LogP contribution in [0, 0.1) is 5.92 Å². The highest BCUT2D eigenvalue weighted by Crippen LogP contribution is 2.28. The van der Waals surface area contributed by atoms with Gasteiger partial charge in [0.15, 0.2) is 0 Å². The lowest BCUT2D eigenvalue weighted by Gasteiger charge is -2.15. The van der Waals surface area contributed by atoms with E-state index in [0.29, 0.717) is 6.42 Å². The van der Waals surface area contributed by atoms with Gasteiger partial charge < -0.3 is 0 Å². The summed E-state index contributed by atoms with van der Waals surface area (Å²) in [7, 11) is 0. The van der Waals surface area contributed by atoms with E-state index >= 15 is 0 Å². The van der Waals surface area contributed by atoms with E-state index < -0.39 is 0 Å². The van der Waals surface area contributed by atoms with Crippen LogP contribution in [0.15, 0.2) is 30.3 Å². The third-order valence-electron chi connectivity index (χ3n) is 3.18. The van der Waals surface area contributed by atoms with E-state index in [1.165, 1.54) is 0 Å². The van der Waals surface area contributed by atoms with E-state index in [1.807, 2.05) is 37.3 Å². The van der Waals surface area contributed by atoms with Crippen LogP contribution in [0.5, 0.6) is 0 Å². The van der Waals surface area contributed by atoms with Crippen LogP contribution < -0.4 is 10.9 Å². The summed E-state index contributed by atoms with van der Waals surface area (Å²) in [4.78, 5) is 23.4. The highest BCUT2D eigenvalue weighted by atomic mass is 16.2. The third kappa shape index (κ3) is 3.09. The van der Waals surface area contributed by atoms with E-state index in [1.54, 1.807) is 0 Å². The van der Waals surface area contributed by atoms with E-state index in [0.717, 1.165) is 18.4 Å². The Kier molecular flexibility index (Phi) is 3.97. The molecule has 0 aromatic heterocycles. The second kappa shape index (κ2) is 5.67. The molecular formula is C14H18N2O2. The minimum Gasteiger partial charge on any atom is -0.273 e. The average molecular weight is 246 g/mol. The van der Waals surface area contributed by atoms with Gasteiger partial charge >= 0.3 is 0 Å². The molecule has 1 aromatic carbocycles. The first kappa shape index (κ1) is 12.6. The van der Waals surface area contributed by atoms with Crippen molar-refractivity contribution >= 4 is 11.8 Å². The summed E-state index contributed by atoms with van der Waals surface area (Å²) < 4.78 is 0. The van der Waals surface area contributed by atoms with Gasteiger partial charge in [0.05, 0.1) is 5.92 Å². The van der Waals surface area contributed by atoms with Crippen molar-refractivity contribution in [2.75, 3.05) is 0 Å². The van der Waals surface area contributed by atoms with E-state index in [9.17, 15) is 9.59 Å². The van der Waals surface area contributed by atoms with Gasteiger partial charge in [-0.25, -0.2) is 0 Å². The van der Waals surface area contributed by atoms with Crippen molar-refractivity contribution in [1.29, 1.82) is 0 Å². The molecule has 0 heterocycles. The second-order valence-corrected chi connectivity index (χ2v) is 4.62. The van der Waals surface area contributed by atoms with Crippen LogP contribution in [-0.2, 0) is 9.59 Å². The van der Waals surface area contributed by atoms with Gasteiger partial charge in [0.2, 0.25) is 11.8 Å². The maximum absolute atomic E-state index is 12.0. The smallest absolute Gasteiger partial charge is 0.245 e. The summed E-state index contributed by atoms with van der Waals surface area (Å²) in [6.07, 6.45) is 2.56. The van der Waals surface area contributed by atoms with Crippen molar-refractivity contribution in [3.8, 4) is 0 Å². The summed E-state index contributed by atoms with van der Waals surface area (Å²) in [5, 5.41) is 0. The fourth-order valence-corrected chi connectivity index (χ4v) is 1.92. The summed E-state index contributed by atoms with van der Waals surface area (Å²) >= 11 is 0. The van der Waals surface area contributed by atoms with Gasteiger partial charge in [0, 0.05) is 5.92 Å². The van der Waals surface area contributed by atoms with Gasteiger partial charge in [-0.2, -0.15) is 0 Å². The molecular weight excluding hydrogens is 228 g/mol. The standard InChI is InChI=1S/C14H18N2O2/c1-2-12(10-6-4-3-5-7-10)14(18)16-15-13(17)11-8-9-11/h3-7,11-12H,2,8-9H2,1H3,(H,15,17)(H,16,18). The maximum atomic E-state index is 12.0. The number of rotatable bonds is 4. The molecule has 1 aromatic rings. The van der Waals surface area contributed by atoms with Gasteiger partial charge in [0.1, 0.15) is 0 Å². The Labute approximate surface area is 107 Å². The zero-order valence-electron chi connectivity index (χ0n) is 10.5. The molecule has 2 rings (SSSR count). The number of carbonyl (C=O) groups is 2. The van der Waals surface area contributed by atoms with E-state index in [-0.39, 0.29) is 23.7 Å². The molecule has 18 heavy (non-hydrogen) atoms. The zero-order valence-corrected chi connectivity index (χ0v) is 10.5. The SMILES string of the molecule is CCC(C(=O)NNC(=O)C1CC1)c1ccccc1. The highest BCUT2D eigenvalue weighted by Gasteiger charge is 2.30. The second-order valence-electron chi connectivity index (χ2n) is 4.62. The van der Waals surface area contributed by atoms with E-state index in [2.05, 4.69) is 10.9 Å². The molecule has 0 radical (unpaired) electrons. The Morgan fingerprint density at radius 3 is 2.44 bits per heavy atom. The zero-order chi connectivity index (χ0) is 13.0. The number of amides is 2. The highest BCUT2D eigenvalue weighted by molar-refractivity contribution is 5.87. The van der Waals surface area contributed by atoms with Crippen LogP contribution in [0.25, 0.3) is 0 Å². The van der Waals surface area contributed by atoms with Crippen LogP contribution in [-0.4, -0.2) is 11.8 Å². The first-order valence-corrected chi connectivity index (χ1v) is 6.37. The number of hydrazine groups is 1. The molecule has 1 atom stereocenters. The molecule has 1 aliphatic rings. The van der Waals surface area contributed by atoms with Crippen LogP contribution in [0.4, 0.5) is 0 Å². The summed E-state index contributed by atoms with van der Waals surface area (Å²) in [5.74, 6) is -0.350. The van der Waals surface area contributed by atoms with Crippen LogP contribution >= 0.6 is 0 Å². The van der Waals surface area contributed by atoms with Crippen LogP contribution in [0.2, 0.25) is 0 Å². The molecule has 2 N–H and O–H groups in total. The van der Waals surface area contributed by atoms with Crippen molar-refractivity contribution in [3.63, 3.8) is 0 Å². The Morgan fingerprint density at radius 2 is 1.89 bits per heavy atom. The number of hydrogen-bond acceptors (Lipinski definition) is 2. The summed E-state index contributed by atoms with van der Waals surface area (Å²) in [6.45, 7) is 1.96. The minimum absolute atomic E-state index is 0.0775. The average Bonchev–Trinajstić information content (AvgIpc) is 3.22. The molecule has 0 saturated heterocycles. The first-order chi connectivity index (χ1) is 8.72. The molecule has 1 fully saturated rings. The molecule has 1 saturated carbocycles. The summed E-state index contributed by atoms with van der Waals surface area (Å²) in [6, 6.07) is 9.60. The fraction of sp³-hybridized carbons (Fsp3) is 0.429.